The van der Waals surface area contributed by atoms with E-state index in [2.05, 4.69) is 10.4 Å². The number of aryl methyl sites for hydroxylation is 2. The van der Waals surface area contributed by atoms with Crippen LogP contribution in [-0.4, -0.2) is 45.2 Å². The summed E-state index contributed by atoms with van der Waals surface area (Å²) >= 11 is 0. The van der Waals surface area contributed by atoms with Crippen LogP contribution in [-0.2, 0) is 19.1 Å². The topological polar surface area (TPSA) is 137 Å². The Morgan fingerprint density at radius 1 is 1.09 bits per heavy atom. The molecule has 0 aliphatic heterocycles. The number of esters is 1. The van der Waals surface area contributed by atoms with E-state index in [1.54, 1.807) is 51.1 Å². The molecule has 2 N–H and O–H groups in total. The zero-order valence-corrected chi connectivity index (χ0v) is 19.5. The van der Waals surface area contributed by atoms with Crippen molar-refractivity contribution in [1.29, 1.82) is 0 Å². The minimum atomic E-state index is -1.60. The highest BCUT2D eigenvalue weighted by molar-refractivity contribution is 6.37. The number of ether oxygens (including phenoxy) is 2. The average Bonchev–Trinajstić information content (AvgIpc) is 3.15. The highest BCUT2D eigenvalue weighted by Crippen LogP contribution is 2.34. The SMILES string of the molecule is CCOC(=O)C(=O)Nc1cc(C)c(Oc2ccc3c(c2)c(C(C)C)nn3C(=O)C(=O)O)c(C)c1. The van der Waals surface area contributed by atoms with Crippen LogP contribution in [0.15, 0.2) is 30.3 Å². The van der Waals surface area contributed by atoms with Crippen molar-refractivity contribution < 1.29 is 33.8 Å². The summed E-state index contributed by atoms with van der Waals surface area (Å²) in [6.45, 7) is 9.09. The third kappa shape index (κ3) is 4.90. The van der Waals surface area contributed by atoms with Crippen molar-refractivity contribution in [2.45, 2.75) is 40.5 Å². The molecule has 0 aliphatic rings. The number of aromatic nitrogens is 2. The lowest BCUT2D eigenvalue weighted by Gasteiger charge is -2.14. The summed E-state index contributed by atoms with van der Waals surface area (Å²) in [6, 6.07) is 8.25. The fraction of sp³-hybridized carbons (Fsp3) is 0.292. The molecule has 1 aromatic heterocycles. The first-order chi connectivity index (χ1) is 16.0. The van der Waals surface area contributed by atoms with Crippen LogP contribution in [0.25, 0.3) is 10.9 Å². The molecule has 0 saturated carbocycles. The molecule has 34 heavy (non-hydrogen) atoms. The molecule has 0 radical (unpaired) electrons. The van der Waals surface area contributed by atoms with Gasteiger partial charge in [0.15, 0.2) is 0 Å². The molecular formula is C24H25N3O7. The number of carboxylic acid groups (broad SMARTS) is 1. The van der Waals surface area contributed by atoms with E-state index in [-0.39, 0.29) is 12.5 Å². The molecule has 0 bridgehead atoms. The predicted octanol–water partition coefficient (Wildman–Crippen LogP) is 3.80. The van der Waals surface area contributed by atoms with Gasteiger partial charge in [-0.3, -0.25) is 9.59 Å². The van der Waals surface area contributed by atoms with Crippen molar-refractivity contribution >= 4 is 40.3 Å². The van der Waals surface area contributed by atoms with Gasteiger partial charge in [-0.2, -0.15) is 9.78 Å². The van der Waals surface area contributed by atoms with Crippen LogP contribution in [0.2, 0.25) is 0 Å². The Bertz CT molecular complexity index is 1280. The van der Waals surface area contributed by atoms with Gasteiger partial charge >= 0.3 is 23.8 Å². The molecule has 2 aromatic carbocycles. The maximum absolute atomic E-state index is 12.1. The van der Waals surface area contributed by atoms with E-state index in [1.165, 1.54) is 0 Å². The first kappa shape index (κ1) is 24.4. The fourth-order valence-corrected chi connectivity index (χ4v) is 3.54. The Morgan fingerprint density at radius 3 is 2.29 bits per heavy atom. The van der Waals surface area contributed by atoms with E-state index < -0.39 is 23.8 Å². The van der Waals surface area contributed by atoms with Crippen LogP contribution in [0.4, 0.5) is 5.69 Å². The lowest BCUT2D eigenvalue weighted by atomic mass is 10.1. The van der Waals surface area contributed by atoms with Gasteiger partial charge in [0.05, 0.1) is 17.8 Å². The molecule has 0 unspecified atom stereocenters. The second-order valence-electron chi connectivity index (χ2n) is 7.96. The zero-order valence-electron chi connectivity index (χ0n) is 19.5. The highest BCUT2D eigenvalue weighted by Gasteiger charge is 2.23. The number of anilines is 1. The number of fused-ring (bicyclic) bond motifs is 1. The Hall–Kier alpha value is -4.21. The van der Waals surface area contributed by atoms with Crippen LogP contribution in [0.5, 0.6) is 11.5 Å². The molecule has 0 spiro atoms. The highest BCUT2D eigenvalue weighted by atomic mass is 16.5. The monoisotopic (exact) mass is 467 g/mol. The summed E-state index contributed by atoms with van der Waals surface area (Å²) in [6.07, 6.45) is 0. The van der Waals surface area contributed by atoms with E-state index in [1.807, 2.05) is 13.8 Å². The van der Waals surface area contributed by atoms with Gasteiger partial charge < -0.3 is 19.9 Å². The van der Waals surface area contributed by atoms with Gasteiger partial charge in [0.1, 0.15) is 11.5 Å². The molecule has 3 rings (SSSR count). The molecule has 10 heteroatoms. The van der Waals surface area contributed by atoms with Gasteiger partial charge in [-0.25, -0.2) is 9.59 Å². The number of rotatable bonds is 5. The quantitative estimate of drug-likeness (QED) is 0.427. The maximum atomic E-state index is 12.1. The van der Waals surface area contributed by atoms with E-state index in [9.17, 15) is 19.2 Å². The standard InChI is InChI=1S/C24H25N3O7/c1-6-33-24(32)21(28)25-15-9-13(4)20(14(5)10-15)34-16-7-8-18-17(11-16)19(12(2)3)26-27(18)22(29)23(30)31/h7-12H,6H2,1-5H3,(H,25,28)(H,30,31). The lowest BCUT2D eigenvalue weighted by Crippen LogP contribution is -2.25. The minimum Gasteiger partial charge on any atom is -0.474 e. The molecule has 1 amide bonds. The summed E-state index contributed by atoms with van der Waals surface area (Å²) in [5, 5.41) is 16.4. The molecule has 178 valence electrons. The van der Waals surface area contributed by atoms with E-state index in [4.69, 9.17) is 14.6 Å². The number of benzene rings is 2. The number of carbonyl (C=O) groups is 4. The Labute approximate surface area is 195 Å². The zero-order chi connectivity index (χ0) is 25.2. The molecule has 0 aliphatic carbocycles. The predicted molar refractivity (Wildman–Crippen MR) is 123 cm³/mol. The van der Waals surface area contributed by atoms with Crippen LogP contribution in [0.1, 0.15) is 48.3 Å². The summed E-state index contributed by atoms with van der Waals surface area (Å²) in [4.78, 5) is 46.7. The summed E-state index contributed by atoms with van der Waals surface area (Å²) in [5.74, 6) is -3.62. The van der Waals surface area contributed by atoms with Crippen molar-refractivity contribution in [3.63, 3.8) is 0 Å². The first-order valence-corrected chi connectivity index (χ1v) is 10.6. The van der Waals surface area contributed by atoms with Crippen LogP contribution < -0.4 is 10.1 Å². The molecule has 0 atom stereocenters. The molecule has 0 saturated heterocycles. The number of carbonyl (C=O) groups excluding carboxylic acids is 3. The second kappa shape index (κ2) is 9.74. The number of amides is 1. The lowest BCUT2D eigenvalue weighted by molar-refractivity contribution is -0.152. The molecule has 3 aromatic rings. The van der Waals surface area contributed by atoms with Gasteiger partial charge in [-0.05, 0) is 68.1 Å². The third-order valence-corrected chi connectivity index (χ3v) is 5.00. The molecule has 0 fully saturated rings. The number of hydrogen-bond acceptors (Lipinski definition) is 7. The van der Waals surface area contributed by atoms with Crippen LogP contribution in [0, 0.1) is 13.8 Å². The largest absolute Gasteiger partial charge is 0.474 e. The van der Waals surface area contributed by atoms with Crippen LogP contribution in [0.3, 0.4) is 0 Å². The van der Waals surface area contributed by atoms with E-state index in [0.29, 0.717) is 44.9 Å². The Kier molecular flexibility index (Phi) is 7.00. The maximum Gasteiger partial charge on any atom is 0.397 e. The average molecular weight is 467 g/mol. The van der Waals surface area contributed by atoms with E-state index >= 15 is 0 Å². The third-order valence-electron chi connectivity index (χ3n) is 5.00. The van der Waals surface area contributed by atoms with Crippen molar-refractivity contribution in [2.75, 3.05) is 11.9 Å². The van der Waals surface area contributed by atoms with Crippen molar-refractivity contribution in [1.82, 2.24) is 9.78 Å². The van der Waals surface area contributed by atoms with Gasteiger partial charge in [0.25, 0.3) is 0 Å². The smallest absolute Gasteiger partial charge is 0.397 e. The van der Waals surface area contributed by atoms with Crippen molar-refractivity contribution in [3.05, 3.63) is 47.2 Å². The first-order valence-electron chi connectivity index (χ1n) is 10.6. The van der Waals surface area contributed by atoms with Gasteiger partial charge in [-0.1, -0.05) is 13.8 Å². The van der Waals surface area contributed by atoms with Gasteiger partial charge in [0.2, 0.25) is 0 Å². The summed E-state index contributed by atoms with van der Waals surface area (Å²) in [7, 11) is 0. The Morgan fingerprint density at radius 2 is 1.74 bits per heavy atom. The number of carboxylic acids is 1. The van der Waals surface area contributed by atoms with Crippen LogP contribution >= 0.6 is 0 Å². The number of aliphatic carboxylic acids is 1. The van der Waals surface area contributed by atoms with E-state index in [0.717, 1.165) is 4.68 Å². The molecular weight excluding hydrogens is 442 g/mol. The minimum absolute atomic E-state index is 0.0636. The molecule has 1 heterocycles. The van der Waals surface area contributed by atoms with Gasteiger partial charge in [0, 0.05) is 11.1 Å². The van der Waals surface area contributed by atoms with Crippen molar-refractivity contribution in [3.8, 4) is 11.5 Å². The van der Waals surface area contributed by atoms with Gasteiger partial charge in [-0.15, -0.1) is 0 Å². The summed E-state index contributed by atoms with van der Waals surface area (Å²) in [5.41, 5.74) is 2.78. The van der Waals surface area contributed by atoms with Crippen molar-refractivity contribution in [2.24, 2.45) is 0 Å². The second-order valence-corrected chi connectivity index (χ2v) is 7.96. The number of nitrogens with zero attached hydrogens (tertiary/aromatic N) is 2. The fourth-order valence-electron chi connectivity index (χ4n) is 3.54. The molecule has 10 nitrogen and oxygen atoms in total. The normalized spacial score (nSPS) is 10.9. The number of nitrogens with one attached hydrogen (secondary N) is 1. The number of hydrogen-bond donors (Lipinski definition) is 2. The summed E-state index contributed by atoms with van der Waals surface area (Å²) < 4.78 is 11.7. The Balaban J connectivity index is 1.94.